The number of hydrogen-bond acceptors (Lipinski definition) is 6. The number of piperidine rings is 1. The van der Waals surface area contributed by atoms with Crippen molar-refractivity contribution in [3.05, 3.63) is 29.3 Å². The van der Waals surface area contributed by atoms with E-state index in [2.05, 4.69) is 5.32 Å². The molecule has 0 aliphatic carbocycles. The summed E-state index contributed by atoms with van der Waals surface area (Å²) < 4.78 is 5.09. The number of nitrogens with zero attached hydrogens (tertiary/aromatic N) is 1. The number of amides is 4. The number of hydrogen-bond donors (Lipinski definition) is 2. The van der Waals surface area contributed by atoms with E-state index in [1.165, 1.54) is 25.1 Å². The van der Waals surface area contributed by atoms with Crippen molar-refractivity contribution in [2.24, 2.45) is 0 Å². The van der Waals surface area contributed by atoms with Crippen LogP contribution in [0.3, 0.4) is 0 Å². The first-order valence-corrected chi connectivity index (χ1v) is 7.46. The Hall–Kier alpha value is -3.23. The SMILES string of the molecule is CC1(N2C(=O)c3cccc(OCC(=O)O)c3C2=O)CCC(=O)NC1=O. The summed E-state index contributed by atoms with van der Waals surface area (Å²) in [6.07, 6.45) is 0.00642. The lowest BCUT2D eigenvalue weighted by Gasteiger charge is -2.38. The molecule has 0 radical (unpaired) electrons. The van der Waals surface area contributed by atoms with Gasteiger partial charge in [-0.2, -0.15) is 0 Å². The zero-order valence-corrected chi connectivity index (χ0v) is 13.2. The number of rotatable bonds is 4. The number of benzene rings is 1. The molecule has 2 N–H and O–H groups in total. The van der Waals surface area contributed by atoms with Gasteiger partial charge in [-0.25, -0.2) is 4.79 Å². The average Bonchev–Trinajstić information content (AvgIpc) is 2.82. The lowest BCUT2D eigenvalue weighted by molar-refractivity contribution is -0.141. The van der Waals surface area contributed by atoms with Gasteiger partial charge in [-0.15, -0.1) is 0 Å². The maximum Gasteiger partial charge on any atom is 0.341 e. The maximum absolute atomic E-state index is 12.8. The van der Waals surface area contributed by atoms with Crippen LogP contribution in [0.1, 0.15) is 40.5 Å². The molecule has 3 rings (SSSR count). The van der Waals surface area contributed by atoms with E-state index >= 15 is 0 Å². The van der Waals surface area contributed by atoms with Crippen LogP contribution in [-0.2, 0) is 14.4 Å². The van der Waals surface area contributed by atoms with Crippen LogP contribution in [0.4, 0.5) is 0 Å². The van der Waals surface area contributed by atoms with Crippen LogP contribution in [0.2, 0.25) is 0 Å². The van der Waals surface area contributed by atoms with E-state index in [9.17, 15) is 24.0 Å². The minimum Gasteiger partial charge on any atom is -0.481 e. The van der Waals surface area contributed by atoms with Gasteiger partial charge in [0.2, 0.25) is 5.91 Å². The van der Waals surface area contributed by atoms with Crippen molar-refractivity contribution in [3.8, 4) is 5.75 Å². The summed E-state index contributed by atoms with van der Waals surface area (Å²) in [6, 6.07) is 4.24. The summed E-state index contributed by atoms with van der Waals surface area (Å²) in [6.45, 7) is 0.735. The number of ether oxygens (including phenoxy) is 1. The fourth-order valence-corrected chi connectivity index (χ4v) is 2.97. The molecule has 1 fully saturated rings. The van der Waals surface area contributed by atoms with E-state index in [0.29, 0.717) is 0 Å². The average molecular weight is 346 g/mol. The molecule has 1 aromatic carbocycles. The Kier molecular flexibility index (Phi) is 3.78. The Bertz CT molecular complexity index is 832. The van der Waals surface area contributed by atoms with Gasteiger partial charge in [0.15, 0.2) is 6.61 Å². The fraction of sp³-hybridized carbons (Fsp3) is 0.312. The van der Waals surface area contributed by atoms with E-state index in [1.807, 2.05) is 0 Å². The molecule has 0 spiro atoms. The third kappa shape index (κ3) is 2.53. The van der Waals surface area contributed by atoms with E-state index < -0.39 is 41.7 Å². The van der Waals surface area contributed by atoms with Crippen molar-refractivity contribution in [1.29, 1.82) is 0 Å². The molecule has 2 aliphatic rings. The minimum atomic E-state index is -1.51. The van der Waals surface area contributed by atoms with Gasteiger partial charge >= 0.3 is 5.97 Å². The Morgan fingerprint density at radius 3 is 2.64 bits per heavy atom. The van der Waals surface area contributed by atoms with E-state index in [1.54, 1.807) is 0 Å². The normalized spacial score (nSPS) is 22.7. The summed E-state index contributed by atoms with van der Waals surface area (Å²) in [4.78, 5) is 60.6. The minimum absolute atomic E-state index is 0.00197. The number of aliphatic carboxylic acids is 1. The lowest BCUT2D eigenvalue weighted by atomic mass is 9.89. The summed E-state index contributed by atoms with van der Waals surface area (Å²) in [5.41, 5.74) is -1.57. The van der Waals surface area contributed by atoms with Gasteiger partial charge in [0.25, 0.3) is 17.7 Å². The molecular weight excluding hydrogens is 332 g/mol. The van der Waals surface area contributed by atoms with Crippen LogP contribution in [0.15, 0.2) is 18.2 Å². The van der Waals surface area contributed by atoms with Crippen molar-refractivity contribution in [2.45, 2.75) is 25.3 Å². The van der Waals surface area contributed by atoms with Gasteiger partial charge in [-0.3, -0.25) is 29.4 Å². The van der Waals surface area contributed by atoms with Crippen LogP contribution in [0.25, 0.3) is 0 Å². The largest absolute Gasteiger partial charge is 0.481 e. The van der Waals surface area contributed by atoms with Gasteiger partial charge in [0, 0.05) is 6.42 Å². The molecular formula is C16H14N2O7. The van der Waals surface area contributed by atoms with Crippen molar-refractivity contribution in [3.63, 3.8) is 0 Å². The molecule has 130 valence electrons. The quantitative estimate of drug-likeness (QED) is 0.730. The highest BCUT2D eigenvalue weighted by atomic mass is 16.5. The first-order chi connectivity index (χ1) is 11.8. The van der Waals surface area contributed by atoms with Gasteiger partial charge in [0.05, 0.1) is 11.1 Å². The smallest absolute Gasteiger partial charge is 0.341 e. The fourth-order valence-electron chi connectivity index (χ4n) is 2.97. The Morgan fingerprint density at radius 1 is 1.28 bits per heavy atom. The zero-order valence-electron chi connectivity index (χ0n) is 13.2. The van der Waals surface area contributed by atoms with E-state index in [-0.39, 0.29) is 29.7 Å². The maximum atomic E-state index is 12.8. The number of imide groups is 2. The number of nitrogens with one attached hydrogen (secondary N) is 1. The Balaban J connectivity index is 2.00. The van der Waals surface area contributed by atoms with Crippen molar-refractivity contribution < 1.29 is 33.8 Å². The zero-order chi connectivity index (χ0) is 18.4. The predicted molar refractivity (Wildman–Crippen MR) is 80.9 cm³/mol. The molecule has 0 aromatic heterocycles. The third-order valence-corrected chi connectivity index (χ3v) is 4.30. The molecule has 0 saturated carbocycles. The monoisotopic (exact) mass is 346 g/mol. The molecule has 1 unspecified atom stereocenters. The topological polar surface area (TPSA) is 130 Å². The summed E-state index contributed by atoms with van der Waals surface area (Å²) >= 11 is 0. The predicted octanol–water partition coefficient (Wildman–Crippen LogP) is -0.0587. The lowest BCUT2D eigenvalue weighted by Crippen LogP contribution is -2.62. The highest BCUT2D eigenvalue weighted by molar-refractivity contribution is 6.25. The molecule has 9 nitrogen and oxygen atoms in total. The van der Waals surface area contributed by atoms with Crippen LogP contribution >= 0.6 is 0 Å². The number of carbonyl (C=O) groups excluding carboxylic acids is 4. The second-order valence-corrected chi connectivity index (χ2v) is 5.96. The molecule has 9 heteroatoms. The number of carbonyl (C=O) groups is 5. The Morgan fingerprint density at radius 2 is 2.00 bits per heavy atom. The second-order valence-electron chi connectivity index (χ2n) is 5.96. The molecule has 2 aliphatic heterocycles. The first kappa shape index (κ1) is 16.6. The van der Waals surface area contributed by atoms with Gasteiger partial charge in [0.1, 0.15) is 11.3 Å². The van der Waals surface area contributed by atoms with E-state index in [4.69, 9.17) is 9.84 Å². The number of fused-ring (bicyclic) bond motifs is 1. The van der Waals surface area contributed by atoms with Crippen molar-refractivity contribution in [2.75, 3.05) is 6.61 Å². The molecule has 2 heterocycles. The standard InChI is InChI=1S/C16H14N2O7/c1-16(6-5-10(19)17-15(16)24)18-13(22)8-3-2-4-9(12(8)14(18)23)25-7-11(20)21/h2-4H,5-7H2,1H3,(H,20,21)(H,17,19,24). The van der Waals surface area contributed by atoms with Gasteiger partial charge < -0.3 is 9.84 Å². The van der Waals surface area contributed by atoms with Crippen LogP contribution in [0.5, 0.6) is 5.75 Å². The molecule has 1 aromatic rings. The summed E-state index contributed by atoms with van der Waals surface area (Å²) in [5, 5.41) is 10.9. The van der Waals surface area contributed by atoms with Crippen molar-refractivity contribution in [1.82, 2.24) is 10.2 Å². The molecule has 1 atom stereocenters. The summed E-state index contributed by atoms with van der Waals surface area (Å²) in [5.74, 6) is -3.92. The van der Waals surface area contributed by atoms with Crippen LogP contribution in [-0.4, -0.2) is 51.8 Å². The number of carboxylic acid groups (broad SMARTS) is 1. The Labute approximate surface area is 141 Å². The summed E-state index contributed by atoms with van der Waals surface area (Å²) in [7, 11) is 0. The first-order valence-electron chi connectivity index (χ1n) is 7.46. The number of carboxylic acids is 1. The molecule has 1 saturated heterocycles. The molecule has 25 heavy (non-hydrogen) atoms. The van der Waals surface area contributed by atoms with Crippen LogP contribution < -0.4 is 10.1 Å². The highest BCUT2D eigenvalue weighted by Gasteiger charge is 2.53. The molecule has 0 bridgehead atoms. The van der Waals surface area contributed by atoms with Crippen molar-refractivity contribution >= 4 is 29.6 Å². The van der Waals surface area contributed by atoms with Gasteiger partial charge in [-0.05, 0) is 25.5 Å². The highest BCUT2D eigenvalue weighted by Crippen LogP contribution is 2.37. The van der Waals surface area contributed by atoms with Gasteiger partial charge in [-0.1, -0.05) is 6.07 Å². The molecule has 4 amide bonds. The second kappa shape index (κ2) is 5.69. The van der Waals surface area contributed by atoms with E-state index in [0.717, 1.165) is 4.90 Å². The third-order valence-electron chi connectivity index (χ3n) is 4.30. The van der Waals surface area contributed by atoms with Crippen LogP contribution in [0, 0.1) is 0 Å².